The first-order valence-electron chi connectivity index (χ1n) is 5.46. The zero-order chi connectivity index (χ0) is 10.8. The molecular formula is C13H18N2. The lowest BCUT2D eigenvalue weighted by Gasteiger charge is -2.25. The minimum Gasteiger partial charge on any atom is -0.331 e. The molecular weight excluding hydrogens is 184 g/mol. The quantitative estimate of drug-likeness (QED) is 0.742. The summed E-state index contributed by atoms with van der Waals surface area (Å²) in [5.41, 5.74) is 1.32. The van der Waals surface area contributed by atoms with Gasteiger partial charge in [0, 0.05) is 11.7 Å². The highest BCUT2D eigenvalue weighted by Crippen LogP contribution is 2.22. The lowest BCUT2D eigenvalue weighted by molar-refractivity contribution is 0.216. The van der Waals surface area contributed by atoms with Crippen LogP contribution >= 0.6 is 0 Å². The second-order valence-corrected chi connectivity index (χ2v) is 4.13. The van der Waals surface area contributed by atoms with E-state index in [4.69, 9.17) is 0 Å². The Bertz CT molecular complexity index is 442. The van der Waals surface area contributed by atoms with Crippen molar-refractivity contribution < 1.29 is 0 Å². The SMILES string of the molecule is CCC(N(C)C)n1ccc2ccccc21. The van der Waals surface area contributed by atoms with Crippen LogP contribution in [0.25, 0.3) is 10.9 Å². The molecule has 1 aromatic heterocycles. The van der Waals surface area contributed by atoms with Gasteiger partial charge in [-0.25, -0.2) is 0 Å². The second-order valence-electron chi connectivity index (χ2n) is 4.13. The Morgan fingerprint density at radius 2 is 1.93 bits per heavy atom. The maximum atomic E-state index is 2.34. The Kier molecular flexibility index (Phi) is 2.78. The summed E-state index contributed by atoms with van der Waals surface area (Å²) in [6, 6.07) is 10.7. The Hall–Kier alpha value is -1.28. The Morgan fingerprint density at radius 3 is 2.60 bits per heavy atom. The third-order valence-corrected chi connectivity index (χ3v) is 2.91. The number of hydrogen-bond acceptors (Lipinski definition) is 1. The summed E-state index contributed by atoms with van der Waals surface area (Å²) in [4.78, 5) is 2.26. The molecule has 80 valence electrons. The van der Waals surface area contributed by atoms with Gasteiger partial charge in [0.1, 0.15) is 0 Å². The molecule has 0 saturated carbocycles. The number of nitrogens with zero attached hydrogens (tertiary/aromatic N) is 2. The molecule has 1 aromatic carbocycles. The summed E-state index contributed by atoms with van der Waals surface area (Å²) in [5.74, 6) is 0. The minimum atomic E-state index is 0.449. The predicted molar refractivity (Wildman–Crippen MR) is 65.0 cm³/mol. The molecule has 0 aliphatic rings. The summed E-state index contributed by atoms with van der Waals surface area (Å²) in [7, 11) is 4.26. The van der Waals surface area contributed by atoms with Gasteiger partial charge < -0.3 is 4.57 Å². The molecule has 0 spiro atoms. The van der Waals surface area contributed by atoms with Crippen molar-refractivity contribution in [1.82, 2.24) is 9.47 Å². The van der Waals surface area contributed by atoms with Gasteiger partial charge in [0.05, 0.1) is 6.17 Å². The molecule has 0 amide bonds. The number of rotatable bonds is 3. The zero-order valence-corrected chi connectivity index (χ0v) is 9.64. The average molecular weight is 202 g/mol. The highest BCUT2D eigenvalue weighted by molar-refractivity contribution is 5.80. The normalized spacial score (nSPS) is 13.6. The van der Waals surface area contributed by atoms with Crippen LogP contribution in [0.5, 0.6) is 0 Å². The fourth-order valence-corrected chi connectivity index (χ4v) is 2.18. The van der Waals surface area contributed by atoms with Crippen LogP contribution in [0.15, 0.2) is 36.5 Å². The van der Waals surface area contributed by atoms with Gasteiger partial charge in [-0.3, -0.25) is 4.90 Å². The van der Waals surface area contributed by atoms with Gasteiger partial charge in [0.2, 0.25) is 0 Å². The summed E-state index contributed by atoms with van der Waals surface area (Å²) in [6.45, 7) is 2.22. The van der Waals surface area contributed by atoms with Gasteiger partial charge >= 0.3 is 0 Å². The van der Waals surface area contributed by atoms with Crippen molar-refractivity contribution >= 4 is 10.9 Å². The van der Waals surface area contributed by atoms with E-state index < -0.39 is 0 Å². The number of aromatic nitrogens is 1. The van der Waals surface area contributed by atoms with Crippen molar-refractivity contribution in [3.8, 4) is 0 Å². The van der Waals surface area contributed by atoms with E-state index in [2.05, 4.69) is 67.0 Å². The first kappa shape index (κ1) is 10.2. The van der Waals surface area contributed by atoms with Gasteiger partial charge in [-0.2, -0.15) is 0 Å². The Labute approximate surface area is 91.1 Å². The van der Waals surface area contributed by atoms with E-state index in [1.807, 2.05) is 0 Å². The number of fused-ring (bicyclic) bond motifs is 1. The minimum absolute atomic E-state index is 0.449. The van der Waals surface area contributed by atoms with Crippen molar-refractivity contribution in [3.63, 3.8) is 0 Å². The lowest BCUT2D eigenvalue weighted by Crippen LogP contribution is -2.24. The zero-order valence-electron chi connectivity index (χ0n) is 9.64. The molecule has 1 atom stereocenters. The molecule has 2 nitrogen and oxygen atoms in total. The molecule has 0 saturated heterocycles. The number of para-hydroxylation sites is 1. The molecule has 2 aromatic rings. The van der Waals surface area contributed by atoms with Crippen LogP contribution in [-0.4, -0.2) is 23.6 Å². The van der Waals surface area contributed by atoms with E-state index in [1.165, 1.54) is 10.9 Å². The second kappa shape index (κ2) is 4.07. The summed E-state index contributed by atoms with van der Waals surface area (Å²) < 4.78 is 2.34. The highest BCUT2D eigenvalue weighted by atomic mass is 15.3. The van der Waals surface area contributed by atoms with E-state index in [1.54, 1.807) is 0 Å². The van der Waals surface area contributed by atoms with Crippen LogP contribution in [0.4, 0.5) is 0 Å². The first-order chi connectivity index (χ1) is 7.24. The summed E-state index contributed by atoms with van der Waals surface area (Å²) in [5, 5.41) is 1.32. The Balaban J connectivity index is 2.51. The summed E-state index contributed by atoms with van der Waals surface area (Å²) in [6.07, 6.45) is 3.75. The van der Waals surface area contributed by atoms with Crippen LogP contribution in [0.2, 0.25) is 0 Å². The lowest BCUT2D eigenvalue weighted by atomic mass is 10.2. The highest BCUT2D eigenvalue weighted by Gasteiger charge is 2.12. The van der Waals surface area contributed by atoms with Crippen molar-refractivity contribution in [3.05, 3.63) is 36.5 Å². The fraction of sp³-hybridized carbons (Fsp3) is 0.385. The van der Waals surface area contributed by atoms with Crippen molar-refractivity contribution in [2.24, 2.45) is 0 Å². The van der Waals surface area contributed by atoms with Gasteiger partial charge in [-0.1, -0.05) is 25.1 Å². The predicted octanol–water partition coefficient (Wildman–Crippen LogP) is 3.11. The molecule has 0 bridgehead atoms. The van der Waals surface area contributed by atoms with Crippen LogP contribution in [-0.2, 0) is 0 Å². The first-order valence-corrected chi connectivity index (χ1v) is 5.46. The van der Waals surface area contributed by atoms with E-state index >= 15 is 0 Å². The van der Waals surface area contributed by atoms with Crippen molar-refractivity contribution in [2.75, 3.05) is 14.1 Å². The van der Waals surface area contributed by atoms with Crippen LogP contribution < -0.4 is 0 Å². The van der Waals surface area contributed by atoms with Gasteiger partial charge in [0.15, 0.2) is 0 Å². The number of hydrogen-bond donors (Lipinski definition) is 0. The maximum Gasteiger partial charge on any atom is 0.0856 e. The van der Waals surface area contributed by atoms with Crippen LogP contribution in [0, 0.1) is 0 Å². The molecule has 0 radical (unpaired) electrons. The maximum absolute atomic E-state index is 2.34. The molecule has 0 aliphatic heterocycles. The van der Waals surface area contributed by atoms with Crippen molar-refractivity contribution in [2.45, 2.75) is 19.5 Å². The van der Waals surface area contributed by atoms with Crippen LogP contribution in [0.1, 0.15) is 19.5 Å². The third-order valence-electron chi connectivity index (χ3n) is 2.91. The molecule has 0 fully saturated rings. The van der Waals surface area contributed by atoms with E-state index in [9.17, 15) is 0 Å². The molecule has 1 unspecified atom stereocenters. The average Bonchev–Trinajstić information content (AvgIpc) is 2.63. The van der Waals surface area contributed by atoms with E-state index in [-0.39, 0.29) is 0 Å². The van der Waals surface area contributed by atoms with Gasteiger partial charge in [-0.05, 0) is 38.0 Å². The monoisotopic (exact) mass is 202 g/mol. The smallest absolute Gasteiger partial charge is 0.0856 e. The van der Waals surface area contributed by atoms with Gasteiger partial charge in [-0.15, -0.1) is 0 Å². The molecule has 1 heterocycles. The molecule has 0 aliphatic carbocycles. The van der Waals surface area contributed by atoms with E-state index in [0.717, 1.165) is 6.42 Å². The topological polar surface area (TPSA) is 8.17 Å². The largest absolute Gasteiger partial charge is 0.331 e. The summed E-state index contributed by atoms with van der Waals surface area (Å²) >= 11 is 0. The van der Waals surface area contributed by atoms with Crippen molar-refractivity contribution in [1.29, 1.82) is 0 Å². The third kappa shape index (κ3) is 1.77. The van der Waals surface area contributed by atoms with Gasteiger partial charge in [0.25, 0.3) is 0 Å². The Morgan fingerprint density at radius 1 is 1.20 bits per heavy atom. The molecule has 2 rings (SSSR count). The standard InChI is InChI=1S/C13H18N2/c1-4-13(14(2)3)15-10-9-11-7-5-6-8-12(11)15/h5-10,13H,4H2,1-3H3. The molecule has 15 heavy (non-hydrogen) atoms. The molecule has 0 N–H and O–H groups in total. The van der Waals surface area contributed by atoms with E-state index in [0.29, 0.717) is 6.17 Å². The number of benzene rings is 1. The van der Waals surface area contributed by atoms with Crippen LogP contribution in [0.3, 0.4) is 0 Å². The molecule has 2 heteroatoms. The fourth-order valence-electron chi connectivity index (χ4n) is 2.18.